The van der Waals surface area contributed by atoms with E-state index in [1.54, 1.807) is 50.3 Å². The molecule has 0 spiro atoms. The van der Waals surface area contributed by atoms with Crippen molar-refractivity contribution in [3.63, 3.8) is 0 Å². The first-order chi connectivity index (χ1) is 15.7. The highest BCUT2D eigenvalue weighted by Crippen LogP contribution is 2.21. The molecule has 0 saturated carbocycles. The summed E-state index contributed by atoms with van der Waals surface area (Å²) in [7, 11) is 1.48. The average molecular weight is 456 g/mol. The Hall–Kier alpha value is -2.87. The molecular formula is C26H33NO6. The van der Waals surface area contributed by atoms with Gasteiger partial charge in [0.15, 0.2) is 5.78 Å². The number of aliphatic hydroxyl groups is 2. The molecule has 1 aliphatic carbocycles. The predicted octanol–water partition coefficient (Wildman–Crippen LogP) is 2.63. The third-order valence-electron chi connectivity index (χ3n) is 5.73. The van der Waals surface area contributed by atoms with Crippen LogP contribution >= 0.6 is 0 Å². The summed E-state index contributed by atoms with van der Waals surface area (Å²) < 4.78 is 5.30. The molecule has 33 heavy (non-hydrogen) atoms. The number of methoxy groups -OCH3 is 1. The van der Waals surface area contributed by atoms with Gasteiger partial charge < -0.3 is 20.3 Å². The average Bonchev–Trinajstić information content (AvgIpc) is 2.78. The van der Waals surface area contributed by atoms with Crippen LogP contribution in [0.1, 0.15) is 39.5 Å². The molecular weight excluding hydrogens is 422 g/mol. The van der Waals surface area contributed by atoms with E-state index in [9.17, 15) is 24.6 Å². The molecule has 2 rings (SSSR count). The topological polar surface area (TPSA) is 113 Å². The van der Waals surface area contributed by atoms with Crippen LogP contribution in [0, 0.1) is 5.92 Å². The molecule has 0 saturated heterocycles. The van der Waals surface area contributed by atoms with E-state index in [-0.39, 0.29) is 30.2 Å². The molecule has 3 N–H and O–H groups in total. The van der Waals surface area contributed by atoms with E-state index in [0.29, 0.717) is 24.0 Å². The molecule has 7 nitrogen and oxygen atoms in total. The van der Waals surface area contributed by atoms with Gasteiger partial charge in [0.2, 0.25) is 11.7 Å². The maximum atomic E-state index is 12.8. The SMILES string of the molecule is CO[C@H]1/C=C/C=C/C=C/C[C@@H](O)[C@H](C)[C@H](O)/C(C)=C\CCC2=CC(=O)C=C(NC(=O)C1)C2=O. The smallest absolute Gasteiger partial charge is 0.227 e. The monoisotopic (exact) mass is 455 g/mol. The second-order valence-electron chi connectivity index (χ2n) is 8.28. The number of ketones is 2. The number of aliphatic hydroxyl groups excluding tert-OH is 2. The van der Waals surface area contributed by atoms with Gasteiger partial charge in [-0.2, -0.15) is 0 Å². The number of amides is 1. The van der Waals surface area contributed by atoms with Crippen LogP contribution in [0.3, 0.4) is 0 Å². The molecule has 4 atom stereocenters. The molecule has 1 amide bonds. The maximum Gasteiger partial charge on any atom is 0.227 e. The van der Waals surface area contributed by atoms with Gasteiger partial charge in [-0.15, -0.1) is 0 Å². The Labute approximate surface area is 194 Å². The first-order valence-corrected chi connectivity index (χ1v) is 11.1. The van der Waals surface area contributed by atoms with Crippen LogP contribution in [0.5, 0.6) is 0 Å². The summed E-state index contributed by atoms with van der Waals surface area (Å²) >= 11 is 0. The Kier molecular flexibility index (Phi) is 10.4. The number of carbonyl (C=O) groups is 3. The summed E-state index contributed by atoms with van der Waals surface area (Å²) in [5.41, 5.74) is 0.940. The van der Waals surface area contributed by atoms with Crippen molar-refractivity contribution in [2.75, 3.05) is 7.11 Å². The third kappa shape index (κ3) is 8.20. The van der Waals surface area contributed by atoms with E-state index in [4.69, 9.17) is 4.74 Å². The van der Waals surface area contributed by atoms with Crippen molar-refractivity contribution in [1.82, 2.24) is 5.32 Å². The minimum Gasteiger partial charge on any atom is -0.392 e. The molecule has 7 heteroatoms. The second kappa shape index (κ2) is 13.0. The van der Waals surface area contributed by atoms with Gasteiger partial charge in [0.05, 0.1) is 30.4 Å². The number of fused-ring (bicyclic) bond motifs is 2. The Morgan fingerprint density at radius 2 is 1.79 bits per heavy atom. The molecule has 2 aliphatic rings. The lowest BCUT2D eigenvalue weighted by atomic mass is 9.90. The van der Waals surface area contributed by atoms with Crippen molar-refractivity contribution in [2.24, 2.45) is 5.92 Å². The van der Waals surface area contributed by atoms with E-state index in [0.717, 1.165) is 6.08 Å². The van der Waals surface area contributed by atoms with Gasteiger partial charge in [0.1, 0.15) is 0 Å². The number of nitrogens with one attached hydrogen (secondary N) is 1. The molecule has 1 heterocycles. The zero-order valence-corrected chi connectivity index (χ0v) is 19.4. The lowest BCUT2D eigenvalue weighted by Gasteiger charge is -2.24. The standard InChI is InChI=1S/C26H33NO6/c1-17-10-9-11-19-14-20(28)15-22(26(19)32)27-24(30)16-21(33-3)12-7-5-4-6-8-13-23(29)18(2)25(17)31/h4-8,10,12,14-15,18,21,23,25,29,31H,9,11,13,16H2,1-3H3,(H,27,30)/b5-4+,8-6+,12-7+,17-10-/t18-,21-,23+,25+/m0/s1. The summed E-state index contributed by atoms with van der Waals surface area (Å²) in [5, 5.41) is 23.5. The van der Waals surface area contributed by atoms with Crippen LogP contribution in [0.25, 0.3) is 0 Å². The van der Waals surface area contributed by atoms with Gasteiger partial charge >= 0.3 is 0 Å². The summed E-state index contributed by atoms with van der Waals surface area (Å²) in [5.74, 6) is -1.58. The fourth-order valence-corrected chi connectivity index (χ4v) is 3.58. The minimum absolute atomic E-state index is 0.0154. The fourth-order valence-electron chi connectivity index (χ4n) is 3.58. The number of ether oxygens (including phenoxy) is 1. The second-order valence-corrected chi connectivity index (χ2v) is 8.28. The summed E-state index contributed by atoms with van der Waals surface area (Å²) in [4.78, 5) is 37.3. The van der Waals surface area contributed by atoms with Crippen LogP contribution in [-0.2, 0) is 19.1 Å². The maximum absolute atomic E-state index is 12.8. The van der Waals surface area contributed by atoms with Crippen LogP contribution in [0.15, 0.2) is 71.5 Å². The highest BCUT2D eigenvalue weighted by Gasteiger charge is 2.25. The molecule has 0 aromatic heterocycles. The first kappa shape index (κ1) is 26.4. The van der Waals surface area contributed by atoms with Gasteiger partial charge in [0, 0.05) is 24.7 Å². The number of carbonyl (C=O) groups excluding carboxylic acids is 3. The zero-order chi connectivity index (χ0) is 24.4. The van der Waals surface area contributed by atoms with Crippen molar-refractivity contribution in [1.29, 1.82) is 0 Å². The Balaban J connectivity index is 2.25. The van der Waals surface area contributed by atoms with Crippen molar-refractivity contribution >= 4 is 17.5 Å². The van der Waals surface area contributed by atoms with Gasteiger partial charge in [-0.3, -0.25) is 14.4 Å². The Bertz CT molecular complexity index is 921. The molecule has 178 valence electrons. The van der Waals surface area contributed by atoms with E-state index >= 15 is 0 Å². The number of Topliss-reactive ketones (excluding diaryl/α,β-unsaturated/α-hetero) is 1. The number of hydrogen-bond donors (Lipinski definition) is 3. The fraction of sp³-hybridized carbons (Fsp3) is 0.423. The Morgan fingerprint density at radius 1 is 1.06 bits per heavy atom. The van der Waals surface area contributed by atoms with Crippen LogP contribution in [0.4, 0.5) is 0 Å². The summed E-state index contributed by atoms with van der Waals surface area (Å²) in [6.07, 6.45) is 13.9. The summed E-state index contributed by atoms with van der Waals surface area (Å²) in [6, 6.07) is 0. The molecule has 0 radical (unpaired) electrons. The molecule has 0 fully saturated rings. The largest absolute Gasteiger partial charge is 0.392 e. The molecule has 0 aromatic carbocycles. The molecule has 0 aromatic rings. The van der Waals surface area contributed by atoms with Gasteiger partial charge in [-0.1, -0.05) is 49.5 Å². The van der Waals surface area contributed by atoms with E-state index < -0.39 is 30.0 Å². The van der Waals surface area contributed by atoms with Crippen molar-refractivity contribution in [2.45, 2.75) is 57.8 Å². The molecule has 1 aliphatic heterocycles. The molecule has 2 bridgehead atoms. The normalized spacial score (nSPS) is 32.9. The predicted molar refractivity (Wildman–Crippen MR) is 126 cm³/mol. The quantitative estimate of drug-likeness (QED) is 0.414. The van der Waals surface area contributed by atoms with Crippen molar-refractivity contribution < 1.29 is 29.3 Å². The number of rotatable bonds is 1. The van der Waals surface area contributed by atoms with Gasteiger partial charge in [-0.05, 0) is 37.8 Å². The van der Waals surface area contributed by atoms with Gasteiger partial charge in [-0.25, -0.2) is 0 Å². The van der Waals surface area contributed by atoms with Crippen LogP contribution in [0.2, 0.25) is 0 Å². The van der Waals surface area contributed by atoms with Crippen molar-refractivity contribution in [3.8, 4) is 0 Å². The van der Waals surface area contributed by atoms with E-state index in [2.05, 4.69) is 5.32 Å². The van der Waals surface area contributed by atoms with Crippen LogP contribution < -0.4 is 5.32 Å². The lowest BCUT2D eigenvalue weighted by Crippen LogP contribution is -2.32. The number of hydrogen-bond acceptors (Lipinski definition) is 6. The van der Waals surface area contributed by atoms with Crippen molar-refractivity contribution in [3.05, 3.63) is 71.5 Å². The first-order valence-electron chi connectivity index (χ1n) is 11.1. The zero-order valence-electron chi connectivity index (χ0n) is 19.4. The minimum atomic E-state index is -0.834. The molecule has 0 unspecified atom stereocenters. The highest BCUT2D eigenvalue weighted by atomic mass is 16.5. The third-order valence-corrected chi connectivity index (χ3v) is 5.73. The van der Waals surface area contributed by atoms with E-state index in [1.807, 2.05) is 6.08 Å². The summed E-state index contributed by atoms with van der Waals surface area (Å²) in [6.45, 7) is 3.55. The van der Waals surface area contributed by atoms with E-state index in [1.165, 1.54) is 13.2 Å². The van der Waals surface area contributed by atoms with Crippen LogP contribution in [-0.4, -0.2) is 53.1 Å². The lowest BCUT2D eigenvalue weighted by molar-refractivity contribution is -0.124. The highest BCUT2D eigenvalue weighted by molar-refractivity contribution is 6.21. The Morgan fingerprint density at radius 3 is 2.52 bits per heavy atom. The number of allylic oxidation sites excluding steroid dienone is 8. The van der Waals surface area contributed by atoms with Gasteiger partial charge in [0.25, 0.3) is 0 Å².